The molecule has 1 unspecified atom stereocenters. The first-order valence-corrected chi connectivity index (χ1v) is 6.95. The lowest BCUT2D eigenvalue weighted by molar-refractivity contribution is 0.294. The Labute approximate surface area is 112 Å². The van der Waals surface area contributed by atoms with Gasteiger partial charge in [0.05, 0.1) is 11.7 Å². The van der Waals surface area contributed by atoms with Gasteiger partial charge in [0.25, 0.3) is 0 Å². The molecule has 1 aromatic rings. The molecule has 0 amide bonds. The lowest BCUT2D eigenvalue weighted by Gasteiger charge is -2.38. The van der Waals surface area contributed by atoms with Gasteiger partial charge in [-0.25, -0.2) is 0 Å². The third kappa shape index (κ3) is 1.49. The van der Waals surface area contributed by atoms with E-state index in [-0.39, 0.29) is 0 Å². The summed E-state index contributed by atoms with van der Waals surface area (Å²) in [4.78, 5) is 2.38. The van der Waals surface area contributed by atoms with Crippen LogP contribution in [0.3, 0.4) is 0 Å². The number of piperidine rings is 1. The van der Waals surface area contributed by atoms with Gasteiger partial charge in [0.1, 0.15) is 5.71 Å². The number of nitrogens with zero attached hydrogens (tertiary/aromatic N) is 2. The van der Waals surface area contributed by atoms with Crippen LogP contribution in [-0.4, -0.2) is 35.0 Å². The molecule has 19 heavy (non-hydrogen) atoms. The second-order valence-corrected chi connectivity index (χ2v) is 5.43. The van der Waals surface area contributed by atoms with Crippen molar-refractivity contribution in [1.82, 2.24) is 4.90 Å². The van der Waals surface area contributed by atoms with Gasteiger partial charge < -0.3 is 15.4 Å². The summed E-state index contributed by atoms with van der Waals surface area (Å²) in [7, 11) is 0. The number of hydrogen-bond acceptors (Lipinski definition) is 4. The van der Waals surface area contributed by atoms with Gasteiger partial charge in [-0.15, -0.1) is 0 Å². The fraction of sp³-hybridized carbons (Fsp3) is 0.400. The Kier molecular flexibility index (Phi) is 2.31. The van der Waals surface area contributed by atoms with E-state index in [9.17, 15) is 5.21 Å². The van der Waals surface area contributed by atoms with Crippen molar-refractivity contribution in [1.29, 1.82) is 0 Å². The third-order valence-electron chi connectivity index (χ3n) is 4.39. The average molecular weight is 255 g/mol. The molecule has 4 rings (SSSR count). The van der Waals surface area contributed by atoms with E-state index in [1.54, 1.807) is 0 Å². The van der Waals surface area contributed by atoms with Crippen LogP contribution < -0.4 is 5.32 Å². The fourth-order valence-corrected chi connectivity index (χ4v) is 3.58. The van der Waals surface area contributed by atoms with Crippen LogP contribution in [0, 0.1) is 0 Å². The fourth-order valence-electron chi connectivity index (χ4n) is 3.58. The Bertz CT molecular complexity index is 591. The maximum Gasteiger partial charge on any atom is 0.103 e. The van der Waals surface area contributed by atoms with Crippen LogP contribution in [0.5, 0.6) is 0 Å². The second kappa shape index (κ2) is 4.02. The van der Waals surface area contributed by atoms with E-state index in [0.29, 0.717) is 6.04 Å². The zero-order valence-electron chi connectivity index (χ0n) is 10.8. The largest absolute Gasteiger partial charge is 0.411 e. The summed E-state index contributed by atoms with van der Waals surface area (Å²) >= 11 is 0. The van der Waals surface area contributed by atoms with Crippen LogP contribution in [0.4, 0.5) is 5.69 Å². The standard InChI is InChI=1S/C15H17N3O/c19-17-13-6-3-8-18-9-7-12-14(15(13)18)10-4-1-2-5-11(10)16-12/h1-2,4-5,12,16,19H,3,6-9H2. The highest BCUT2D eigenvalue weighted by Gasteiger charge is 2.37. The molecule has 4 heteroatoms. The number of anilines is 1. The summed E-state index contributed by atoms with van der Waals surface area (Å²) in [6.45, 7) is 2.12. The number of allylic oxidation sites excluding steroid dienone is 1. The Balaban J connectivity index is 1.94. The zero-order valence-corrected chi connectivity index (χ0v) is 10.8. The molecule has 3 aliphatic heterocycles. The van der Waals surface area contributed by atoms with E-state index >= 15 is 0 Å². The smallest absolute Gasteiger partial charge is 0.103 e. The minimum atomic E-state index is 0.374. The number of hydrogen-bond donors (Lipinski definition) is 2. The van der Waals surface area contributed by atoms with Crippen LogP contribution in [0.2, 0.25) is 0 Å². The summed E-state index contributed by atoms with van der Waals surface area (Å²) in [6, 6.07) is 8.81. The quantitative estimate of drug-likeness (QED) is 0.553. The summed E-state index contributed by atoms with van der Waals surface area (Å²) < 4.78 is 0. The van der Waals surface area contributed by atoms with Gasteiger partial charge >= 0.3 is 0 Å². The molecular formula is C15H17N3O. The molecule has 0 bridgehead atoms. The molecule has 1 aromatic carbocycles. The summed E-state index contributed by atoms with van der Waals surface area (Å²) in [5, 5.41) is 16.5. The molecule has 98 valence electrons. The van der Waals surface area contributed by atoms with Crippen LogP contribution in [0.15, 0.2) is 35.1 Å². The summed E-state index contributed by atoms with van der Waals surface area (Å²) in [5.41, 5.74) is 5.83. The first kappa shape index (κ1) is 10.9. The van der Waals surface area contributed by atoms with E-state index in [4.69, 9.17) is 0 Å². The molecule has 1 fully saturated rings. The van der Waals surface area contributed by atoms with Crippen LogP contribution in [0.25, 0.3) is 5.57 Å². The number of nitrogens with one attached hydrogen (secondary N) is 1. The van der Waals surface area contributed by atoms with E-state index in [2.05, 4.69) is 39.6 Å². The monoisotopic (exact) mass is 255 g/mol. The van der Waals surface area contributed by atoms with Crippen molar-refractivity contribution in [3.8, 4) is 0 Å². The molecule has 2 N–H and O–H groups in total. The van der Waals surface area contributed by atoms with E-state index in [0.717, 1.165) is 38.1 Å². The Morgan fingerprint density at radius 1 is 1.26 bits per heavy atom. The molecular weight excluding hydrogens is 238 g/mol. The van der Waals surface area contributed by atoms with E-state index < -0.39 is 0 Å². The van der Waals surface area contributed by atoms with E-state index in [1.165, 1.54) is 22.5 Å². The number of para-hydroxylation sites is 1. The van der Waals surface area contributed by atoms with E-state index in [1.807, 2.05) is 0 Å². The van der Waals surface area contributed by atoms with Gasteiger partial charge in [0, 0.05) is 29.9 Å². The number of oxime groups is 1. The van der Waals surface area contributed by atoms with Gasteiger partial charge in [0.15, 0.2) is 0 Å². The lowest BCUT2D eigenvalue weighted by atomic mass is 9.88. The zero-order chi connectivity index (χ0) is 12.8. The normalized spacial score (nSPS) is 26.8. The molecule has 0 spiro atoms. The molecule has 0 radical (unpaired) electrons. The van der Waals surface area contributed by atoms with Crippen LogP contribution >= 0.6 is 0 Å². The van der Waals surface area contributed by atoms with Gasteiger partial charge in [-0.1, -0.05) is 23.4 Å². The summed E-state index contributed by atoms with van der Waals surface area (Å²) in [5.74, 6) is 0. The van der Waals surface area contributed by atoms with Crippen molar-refractivity contribution >= 4 is 17.0 Å². The molecule has 0 aliphatic carbocycles. The highest BCUT2D eigenvalue weighted by atomic mass is 16.4. The summed E-state index contributed by atoms with van der Waals surface area (Å²) in [6.07, 6.45) is 3.07. The Hall–Kier alpha value is -1.97. The van der Waals surface area contributed by atoms with Crippen LogP contribution in [0.1, 0.15) is 24.8 Å². The number of rotatable bonds is 0. The average Bonchev–Trinajstić information content (AvgIpc) is 2.85. The van der Waals surface area contributed by atoms with Crippen molar-refractivity contribution in [3.63, 3.8) is 0 Å². The lowest BCUT2D eigenvalue weighted by Crippen LogP contribution is -2.41. The van der Waals surface area contributed by atoms with Gasteiger partial charge in [-0.05, 0) is 25.3 Å². The van der Waals surface area contributed by atoms with Crippen LogP contribution in [-0.2, 0) is 0 Å². The highest BCUT2D eigenvalue weighted by Crippen LogP contribution is 2.43. The Morgan fingerprint density at radius 3 is 3.05 bits per heavy atom. The van der Waals surface area contributed by atoms with Crippen molar-refractivity contribution < 1.29 is 5.21 Å². The van der Waals surface area contributed by atoms with Gasteiger partial charge in [-0.3, -0.25) is 0 Å². The molecule has 1 atom stereocenters. The topological polar surface area (TPSA) is 47.9 Å². The maximum atomic E-state index is 9.30. The number of fused-ring (bicyclic) bond motifs is 4. The first-order valence-electron chi connectivity index (χ1n) is 6.95. The van der Waals surface area contributed by atoms with Crippen molar-refractivity contribution in [2.75, 3.05) is 18.4 Å². The van der Waals surface area contributed by atoms with Crippen molar-refractivity contribution in [3.05, 3.63) is 35.5 Å². The van der Waals surface area contributed by atoms with Gasteiger partial charge in [-0.2, -0.15) is 0 Å². The predicted octanol–water partition coefficient (Wildman–Crippen LogP) is 2.52. The molecule has 0 saturated carbocycles. The first-order chi connectivity index (χ1) is 9.38. The van der Waals surface area contributed by atoms with Crippen molar-refractivity contribution in [2.24, 2.45) is 5.16 Å². The minimum Gasteiger partial charge on any atom is -0.411 e. The minimum absolute atomic E-state index is 0.374. The predicted molar refractivity (Wildman–Crippen MR) is 75.4 cm³/mol. The number of benzene rings is 1. The maximum absolute atomic E-state index is 9.30. The molecule has 3 aliphatic rings. The SMILES string of the molecule is ON=C1CCCN2CCC3Nc4ccccc4C3=C12. The third-order valence-corrected chi connectivity index (χ3v) is 4.39. The Morgan fingerprint density at radius 2 is 2.16 bits per heavy atom. The van der Waals surface area contributed by atoms with Gasteiger partial charge in [0.2, 0.25) is 0 Å². The van der Waals surface area contributed by atoms with Crippen molar-refractivity contribution in [2.45, 2.75) is 25.3 Å². The highest BCUT2D eigenvalue weighted by molar-refractivity contribution is 6.09. The molecule has 0 aromatic heterocycles. The second-order valence-electron chi connectivity index (χ2n) is 5.43. The molecule has 3 heterocycles. The molecule has 1 saturated heterocycles. The molecule has 4 nitrogen and oxygen atoms in total.